The van der Waals surface area contributed by atoms with Gasteiger partial charge in [0, 0.05) is 12.7 Å². The molecule has 2 N–H and O–H groups in total. The zero-order chi connectivity index (χ0) is 17.6. The van der Waals surface area contributed by atoms with Crippen LogP contribution in [0.15, 0.2) is 30.5 Å². The summed E-state index contributed by atoms with van der Waals surface area (Å²) in [6, 6.07) is 7.83. The molecule has 1 fully saturated rings. The molecule has 2 aromatic rings. The van der Waals surface area contributed by atoms with E-state index < -0.39 is 0 Å². The van der Waals surface area contributed by atoms with Crippen LogP contribution in [0.5, 0.6) is 5.75 Å². The van der Waals surface area contributed by atoms with Crippen LogP contribution in [0.4, 0.5) is 0 Å². The van der Waals surface area contributed by atoms with Gasteiger partial charge in [0.2, 0.25) is 0 Å². The Balaban J connectivity index is 1.65. The average molecular weight is 340 g/mol. The Morgan fingerprint density at radius 3 is 3.00 bits per heavy atom. The molecule has 0 aliphatic carbocycles. The quantitative estimate of drug-likeness (QED) is 0.875. The number of hydrogen-bond acceptors (Lipinski definition) is 5. The molecule has 1 aromatic carbocycles. The Bertz CT molecular complexity index is 742. The maximum absolute atomic E-state index is 12.4. The number of hydrogen-bond donors (Lipinski definition) is 2. The van der Waals surface area contributed by atoms with Gasteiger partial charge in [-0.1, -0.05) is 18.6 Å². The van der Waals surface area contributed by atoms with Gasteiger partial charge in [-0.25, -0.2) is 9.97 Å². The van der Waals surface area contributed by atoms with E-state index in [2.05, 4.69) is 20.6 Å². The molecule has 132 valence electrons. The first-order chi connectivity index (χ1) is 12.2. The van der Waals surface area contributed by atoms with Crippen LogP contribution in [0, 0.1) is 6.92 Å². The average Bonchev–Trinajstić information content (AvgIpc) is 2.67. The molecule has 25 heavy (non-hydrogen) atoms. The van der Waals surface area contributed by atoms with E-state index in [-0.39, 0.29) is 11.9 Å². The first kappa shape index (κ1) is 17.4. The molecular weight excluding hydrogens is 316 g/mol. The van der Waals surface area contributed by atoms with Gasteiger partial charge in [0.05, 0.1) is 24.4 Å². The van der Waals surface area contributed by atoms with Crippen LogP contribution in [0.25, 0.3) is 0 Å². The summed E-state index contributed by atoms with van der Waals surface area (Å²) in [5.74, 6) is 1.39. The van der Waals surface area contributed by atoms with E-state index in [0.29, 0.717) is 17.8 Å². The third-order valence-corrected chi connectivity index (χ3v) is 4.45. The summed E-state index contributed by atoms with van der Waals surface area (Å²) in [6.07, 6.45) is 5.05. The van der Waals surface area contributed by atoms with Crippen molar-refractivity contribution in [3.05, 3.63) is 53.1 Å². The summed E-state index contributed by atoms with van der Waals surface area (Å²) in [7, 11) is 1.63. The van der Waals surface area contributed by atoms with Crippen LogP contribution < -0.4 is 15.4 Å². The maximum Gasteiger partial charge on any atom is 0.254 e. The fourth-order valence-electron chi connectivity index (χ4n) is 3.01. The van der Waals surface area contributed by atoms with Crippen molar-refractivity contribution in [2.75, 3.05) is 13.7 Å². The number of methoxy groups -OCH3 is 1. The second kappa shape index (κ2) is 8.07. The fraction of sp³-hybridized carbons (Fsp3) is 0.421. The van der Waals surface area contributed by atoms with Crippen molar-refractivity contribution >= 4 is 5.91 Å². The van der Waals surface area contributed by atoms with Gasteiger partial charge in [-0.05, 0) is 44.0 Å². The normalized spacial score (nSPS) is 17.1. The molecule has 0 spiro atoms. The molecular formula is C19H24N4O2. The summed E-state index contributed by atoms with van der Waals surface area (Å²) in [5.41, 5.74) is 2.21. The van der Waals surface area contributed by atoms with Crippen molar-refractivity contribution in [1.82, 2.24) is 20.6 Å². The number of piperidine rings is 1. The molecule has 6 nitrogen and oxygen atoms in total. The molecule has 1 aliphatic heterocycles. The van der Waals surface area contributed by atoms with Crippen molar-refractivity contribution in [3.8, 4) is 5.75 Å². The number of benzene rings is 1. The smallest absolute Gasteiger partial charge is 0.254 e. The highest BCUT2D eigenvalue weighted by Crippen LogP contribution is 2.20. The lowest BCUT2D eigenvalue weighted by atomic mass is 10.0. The zero-order valence-electron chi connectivity index (χ0n) is 14.7. The molecule has 1 saturated heterocycles. The number of carbonyl (C=O) groups is 1. The molecule has 0 saturated carbocycles. The summed E-state index contributed by atoms with van der Waals surface area (Å²) in [4.78, 5) is 21.4. The minimum atomic E-state index is -0.163. The van der Waals surface area contributed by atoms with Crippen molar-refractivity contribution in [1.29, 1.82) is 0 Å². The Kier molecular flexibility index (Phi) is 5.60. The van der Waals surface area contributed by atoms with Gasteiger partial charge in [-0.3, -0.25) is 4.79 Å². The minimum Gasteiger partial charge on any atom is -0.497 e. The predicted octanol–water partition coefficient (Wildman–Crippen LogP) is 2.54. The van der Waals surface area contributed by atoms with E-state index in [4.69, 9.17) is 4.74 Å². The molecule has 0 bridgehead atoms. The lowest BCUT2D eigenvalue weighted by Gasteiger charge is -2.22. The van der Waals surface area contributed by atoms with Crippen LogP contribution in [-0.4, -0.2) is 29.5 Å². The van der Waals surface area contributed by atoms with Crippen molar-refractivity contribution in [2.24, 2.45) is 0 Å². The first-order valence-corrected chi connectivity index (χ1v) is 8.65. The molecule has 1 amide bonds. The molecule has 0 unspecified atom stereocenters. The lowest BCUT2D eigenvalue weighted by molar-refractivity contribution is 0.0949. The molecule has 3 rings (SSSR count). The second-order valence-electron chi connectivity index (χ2n) is 6.26. The second-order valence-corrected chi connectivity index (χ2v) is 6.26. The third-order valence-electron chi connectivity index (χ3n) is 4.45. The van der Waals surface area contributed by atoms with E-state index >= 15 is 0 Å². The third kappa shape index (κ3) is 4.33. The van der Waals surface area contributed by atoms with Gasteiger partial charge in [-0.2, -0.15) is 0 Å². The minimum absolute atomic E-state index is 0.163. The zero-order valence-corrected chi connectivity index (χ0v) is 14.7. The van der Waals surface area contributed by atoms with Gasteiger partial charge in [0.15, 0.2) is 0 Å². The van der Waals surface area contributed by atoms with Crippen LogP contribution in [0.1, 0.15) is 52.7 Å². The van der Waals surface area contributed by atoms with E-state index in [1.165, 1.54) is 12.8 Å². The fourth-order valence-corrected chi connectivity index (χ4v) is 3.01. The number of nitrogens with one attached hydrogen (secondary N) is 2. The molecule has 0 radical (unpaired) electrons. The largest absolute Gasteiger partial charge is 0.497 e. The van der Waals surface area contributed by atoms with Crippen LogP contribution in [0.2, 0.25) is 0 Å². The summed E-state index contributed by atoms with van der Waals surface area (Å²) in [6.45, 7) is 3.28. The lowest BCUT2D eigenvalue weighted by Crippen LogP contribution is -2.29. The Morgan fingerprint density at radius 1 is 1.40 bits per heavy atom. The van der Waals surface area contributed by atoms with E-state index in [9.17, 15) is 4.79 Å². The maximum atomic E-state index is 12.4. The van der Waals surface area contributed by atoms with Crippen LogP contribution in [-0.2, 0) is 6.54 Å². The Labute approximate surface area is 148 Å². The molecule has 1 aliphatic rings. The van der Waals surface area contributed by atoms with Gasteiger partial charge in [0.1, 0.15) is 11.6 Å². The molecule has 2 heterocycles. The van der Waals surface area contributed by atoms with Crippen LogP contribution >= 0.6 is 0 Å². The number of amides is 1. The topological polar surface area (TPSA) is 76.1 Å². The van der Waals surface area contributed by atoms with Gasteiger partial charge < -0.3 is 15.4 Å². The molecule has 6 heteroatoms. The Morgan fingerprint density at radius 2 is 2.28 bits per heavy atom. The van der Waals surface area contributed by atoms with Gasteiger partial charge in [0.25, 0.3) is 5.91 Å². The summed E-state index contributed by atoms with van der Waals surface area (Å²) in [5, 5.41) is 6.35. The standard InChI is InChI=1S/C19H24N4O2/c1-13-16(12-21-18(23-13)17-8-3-4-9-20-17)19(24)22-11-14-6-5-7-15(10-14)25-2/h5-7,10,12,17,20H,3-4,8-9,11H2,1-2H3,(H,22,24)/t17-/m1/s1. The monoisotopic (exact) mass is 340 g/mol. The number of rotatable bonds is 5. The predicted molar refractivity (Wildman–Crippen MR) is 95.5 cm³/mol. The van der Waals surface area contributed by atoms with Crippen molar-refractivity contribution < 1.29 is 9.53 Å². The highest BCUT2D eigenvalue weighted by molar-refractivity contribution is 5.94. The van der Waals surface area contributed by atoms with Gasteiger partial charge >= 0.3 is 0 Å². The number of carbonyl (C=O) groups excluding carboxylic acids is 1. The SMILES string of the molecule is COc1cccc(CNC(=O)c2cnc([C@H]3CCCCN3)nc2C)c1. The summed E-state index contributed by atoms with van der Waals surface area (Å²) >= 11 is 0. The molecule has 1 atom stereocenters. The Hall–Kier alpha value is -2.47. The van der Waals surface area contributed by atoms with Crippen molar-refractivity contribution in [2.45, 2.75) is 38.8 Å². The highest BCUT2D eigenvalue weighted by Gasteiger charge is 2.19. The highest BCUT2D eigenvalue weighted by atomic mass is 16.5. The first-order valence-electron chi connectivity index (χ1n) is 8.65. The number of nitrogens with zero attached hydrogens (tertiary/aromatic N) is 2. The molecule has 1 aromatic heterocycles. The van der Waals surface area contributed by atoms with E-state index in [0.717, 1.165) is 30.1 Å². The number of ether oxygens (including phenoxy) is 1. The van der Waals surface area contributed by atoms with E-state index in [1.807, 2.05) is 31.2 Å². The van der Waals surface area contributed by atoms with Crippen LogP contribution in [0.3, 0.4) is 0 Å². The van der Waals surface area contributed by atoms with Crippen molar-refractivity contribution in [3.63, 3.8) is 0 Å². The van der Waals surface area contributed by atoms with Gasteiger partial charge in [-0.15, -0.1) is 0 Å². The number of aryl methyl sites for hydroxylation is 1. The summed E-state index contributed by atoms with van der Waals surface area (Å²) < 4.78 is 5.20. The number of aromatic nitrogens is 2. The van der Waals surface area contributed by atoms with E-state index in [1.54, 1.807) is 13.3 Å².